The van der Waals surface area contributed by atoms with Crippen molar-refractivity contribution < 1.29 is 28.6 Å². The van der Waals surface area contributed by atoms with Gasteiger partial charge in [0.25, 0.3) is 5.91 Å². The van der Waals surface area contributed by atoms with Crippen molar-refractivity contribution in [3.8, 4) is 5.75 Å². The molecule has 0 spiro atoms. The Bertz CT molecular complexity index is 1020. The lowest BCUT2D eigenvalue weighted by molar-refractivity contribution is -0.119. The molecule has 0 unspecified atom stereocenters. The topological polar surface area (TPSA) is 90.9 Å². The first-order valence-corrected chi connectivity index (χ1v) is 11.7. The highest BCUT2D eigenvalue weighted by Crippen LogP contribution is 2.36. The molecule has 3 rings (SSSR count). The van der Waals surface area contributed by atoms with Crippen molar-refractivity contribution >= 4 is 23.5 Å². The Hall–Kier alpha value is -3.35. The van der Waals surface area contributed by atoms with Gasteiger partial charge in [-0.15, -0.1) is 0 Å². The summed E-state index contributed by atoms with van der Waals surface area (Å²) < 4.78 is 16.3. The molecular weight excluding hydrogens is 434 g/mol. The van der Waals surface area contributed by atoms with E-state index in [2.05, 4.69) is 26.1 Å². The number of rotatable bonds is 8. The smallest absolute Gasteiger partial charge is 0.339 e. The molecule has 0 radical (unpaired) electrons. The molecule has 7 nitrogen and oxygen atoms in total. The van der Waals surface area contributed by atoms with Crippen LogP contribution in [0.1, 0.15) is 60.7 Å². The lowest BCUT2D eigenvalue weighted by Crippen LogP contribution is -2.36. The Morgan fingerprint density at radius 3 is 2.29 bits per heavy atom. The summed E-state index contributed by atoms with van der Waals surface area (Å²) in [6.45, 7) is 5.94. The number of carbonyl (C=O) groups is 3. The van der Waals surface area contributed by atoms with Crippen molar-refractivity contribution in [2.24, 2.45) is 17.8 Å². The van der Waals surface area contributed by atoms with E-state index in [1.807, 2.05) is 0 Å². The maximum Gasteiger partial charge on any atom is 0.339 e. The number of hydrogen-bond acceptors (Lipinski definition) is 6. The van der Waals surface area contributed by atoms with Crippen LogP contribution in [-0.2, 0) is 14.3 Å². The number of benzene rings is 2. The van der Waals surface area contributed by atoms with Crippen LogP contribution < -0.4 is 10.1 Å². The molecule has 0 bridgehead atoms. The highest BCUT2D eigenvalue weighted by atomic mass is 16.5. The van der Waals surface area contributed by atoms with E-state index in [9.17, 15) is 14.4 Å². The average molecular weight is 468 g/mol. The van der Waals surface area contributed by atoms with Gasteiger partial charge in [-0.25, -0.2) is 9.59 Å². The van der Waals surface area contributed by atoms with Gasteiger partial charge in [-0.1, -0.05) is 51.5 Å². The van der Waals surface area contributed by atoms with E-state index in [0.717, 1.165) is 19.3 Å². The monoisotopic (exact) mass is 467 g/mol. The zero-order valence-corrected chi connectivity index (χ0v) is 20.2. The Morgan fingerprint density at radius 2 is 1.62 bits per heavy atom. The number of anilines is 1. The highest BCUT2D eigenvalue weighted by molar-refractivity contribution is 6.04. The van der Waals surface area contributed by atoms with Crippen LogP contribution in [-0.4, -0.2) is 37.7 Å². The van der Waals surface area contributed by atoms with Gasteiger partial charge in [0.05, 0.1) is 23.9 Å². The summed E-state index contributed by atoms with van der Waals surface area (Å²) in [5.74, 6) is -0.170. The van der Waals surface area contributed by atoms with Crippen LogP contribution >= 0.6 is 0 Å². The Morgan fingerprint density at radius 1 is 0.971 bits per heavy atom. The van der Waals surface area contributed by atoms with E-state index in [0.29, 0.717) is 23.3 Å². The van der Waals surface area contributed by atoms with Crippen molar-refractivity contribution in [3.05, 3.63) is 59.7 Å². The molecule has 1 N–H and O–H groups in total. The fraction of sp³-hybridized carbons (Fsp3) is 0.444. The third-order valence-electron chi connectivity index (χ3n) is 6.30. The molecule has 182 valence electrons. The second-order valence-corrected chi connectivity index (χ2v) is 9.14. The first-order valence-electron chi connectivity index (χ1n) is 11.7. The van der Waals surface area contributed by atoms with Gasteiger partial charge >= 0.3 is 11.9 Å². The third-order valence-corrected chi connectivity index (χ3v) is 6.30. The molecule has 7 heteroatoms. The zero-order chi connectivity index (χ0) is 24.7. The predicted molar refractivity (Wildman–Crippen MR) is 129 cm³/mol. The van der Waals surface area contributed by atoms with Crippen LogP contribution in [0.2, 0.25) is 0 Å². The Kier molecular flexibility index (Phi) is 8.68. The van der Waals surface area contributed by atoms with Gasteiger partial charge in [0.1, 0.15) is 11.9 Å². The van der Waals surface area contributed by atoms with E-state index in [1.54, 1.807) is 42.5 Å². The largest absolute Gasteiger partial charge is 0.495 e. The maximum absolute atomic E-state index is 13.0. The third kappa shape index (κ3) is 6.37. The normalized spacial score (nSPS) is 19.9. The van der Waals surface area contributed by atoms with Crippen molar-refractivity contribution in [3.63, 3.8) is 0 Å². The zero-order valence-electron chi connectivity index (χ0n) is 20.2. The molecule has 1 saturated carbocycles. The molecule has 3 atom stereocenters. The molecule has 0 saturated heterocycles. The Labute approximate surface area is 200 Å². The highest BCUT2D eigenvalue weighted by Gasteiger charge is 2.34. The minimum Gasteiger partial charge on any atom is -0.495 e. The fourth-order valence-electron chi connectivity index (χ4n) is 4.43. The van der Waals surface area contributed by atoms with Gasteiger partial charge in [0, 0.05) is 0 Å². The van der Waals surface area contributed by atoms with Crippen molar-refractivity contribution in [2.45, 2.75) is 46.1 Å². The predicted octanol–water partition coefficient (Wildman–Crippen LogP) is 5.11. The van der Waals surface area contributed by atoms with Gasteiger partial charge in [0.15, 0.2) is 6.61 Å². The van der Waals surface area contributed by atoms with Gasteiger partial charge in [-0.05, 0) is 54.9 Å². The molecular formula is C27H33NO6. The number of methoxy groups -OCH3 is 1. The number of esters is 2. The minimum absolute atomic E-state index is 0.0718. The number of ether oxygens (including phenoxy) is 3. The quantitative estimate of drug-likeness (QED) is 0.543. The van der Waals surface area contributed by atoms with Crippen LogP contribution in [0.4, 0.5) is 5.69 Å². The fourth-order valence-corrected chi connectivity index (χ4v) is 4.43. The molecule has 34 heavy (non-hydrogen) atoms. The number of para-hydroxylation sites is 2. The average Bonchev–Trinajstić information content (AvgIpc) is 2.82. The molecule has 1 aliphatic carbocycles. The van der Waals surface area contributed by atoms with Gasteiger partial charge in [0.2, 0.25) is 0 Å². The number of amides is 1. The second-order valence-electron chi connectivity index (χ2n) is 9.14. The molecule has 2 aromatic carbocycles. The lowest BCUT2D eigenvalue weighted by Gasteiger charge is -2.36. The van der Waals surface area contributed by atoms with E-state index in [-0.39, 0.29) is 23.1 Å². The van der Waals surface area contributed by atoms with Crippen molar-refractivity contribution in [2.75, 3.05) is 19.0 Å². The standard InChI is InChI=1S/C27H33NO6/c1-17(2)19-14-13-18(3)15-24(19)34-27(31)21-10-6-5-9-20(21)26(30)33-16-25(29)28-22-11-7-8-12-23(22)32-4/h5-12,17-19,24H,13-16H2,1-4H3,(H,28,29)/t18-,19-,24-/m1/s1. The van der Waals surface area contributed by atoms with Crippen LogP contribution in [0.5, 0.6) is 5.75 Å². The van der Waals surface area contributed by atoms with E-state index in [1.165, 1.54) is 13.2 Å². The van der Waals surface area contributed by atoms with E-state index >= 15 is 0 Å². The van der Waals surface area contributed by atoms with E-state index in [4.69, 9.17) is 14.2 Å². The van der Waals surface area contributed by atoms with Crippen molar-refractivity contribution in [1.29, 1.82) is 0 Å². The Balaban J connectivity index is 1.65. The first-order chi connectivity index (χ1) is 16.3. The molecule has 1 fully saturated rings. The van der Waals surface area contributed by atoms with Gasteiger partial charge < -0.3 is 19.5 Å². The van der Waals surface area contributed by atoms with Crippen LogP contribution in [0, 0.1) is 17.8 Å². The minimum atomic E-state index is -0.764. The number of carbonyl (C=O) groups excluding carboxylic acids is 3. The maximum atomic E-state index is 13.0. The molecule has 0 aromatic heterocycles. The lowest BCUT2D eigenvalue weighted by atomic mass is 9.75. The van der Waals surface area contributed by atoms with Crippen molar-refractivity contribution in [1.82, 2.24) is 0 Å². The molecule has 0 aliphatic heterocycles. The summed E-state index contributed by atoms with van der Waals surface area (Å²) >= 11 is 0. The summed E-state index contributed by atoms with van der Waals surface area (Å²) in [6.07, 6.45) is 2.76. The number of hydrogen-bond donors (Lipinski definition) is 1. The first kappa shape index (κ1) is 25.3. The summed E-state index contributed by atoms with van der Waals surface area (Å²) in [5, 5.41) is 2.65. The number of nitrogens with one attached hydrogen (secondary N) is 1. The molecule has 0 heterocycles. The summed E-state index contributed by atoms with van der Waals surface area (Å²) in [6, 6.07) is 13.3. The molecule has 1 aliphatic rings. The van der Waals surface area contributed by atoms with Gasteiger partial charge in [-0.3, -0.25) is 4.79 Å². The van der Waals surface area contributed by atoms with Crippen LogP contribution in [0.3, 0.4) is 0 Å². The van der Waals surface area contributed by atoms with Gasteiger partial charge in [-0.2, -0.15) is 0 Å². The summed E-state index contributed by atoms with van der Waals surface area (Å²) in [5.41, 5.74) is 0.678. The second kappa shape index (κ2) is 11.7. The van der Waals surface area contributed by atoms with Crippen LogP contribution in [0.25, 0.3) is 0 Å². The SMILES string of the molecule is COc1ccccc1NC(=O)COC(=O)c1ccccc1C(=O)O[C@@H]1C[C@H](C)CC[C@@H]1C(C)C. The summed E-state index contributed by atoms with van der Waals surface area (Å²) in [4.78, 5) is 38.1. The van der Waals surface area contributed by atoms with Crippen LogP contribution in [0.15, 0.2) is 48.5 Å². The molecule has 1 amide bonds. The molecule has 2 aromatic rings. The summed E-state index contributed by atoms with van der Waals surface area (Å²) in [7, 11) is 1.50. The van der Waals surface area contributed by atoms with E-state index < -0.39 is 24.5 Å².